The molecule has 2 amide bonds. The Labute approximate surface area is 227 Å². The molecule has 3 heterocycles. The van der Waals surface area contributed by atoms with Gasteiger partial charge in [-0.25, -0.2) is 18.8 Å². The molecule has 3 aromatic rings. The van der Waals surface area contributed by atoms with Crippen LogP contribution >= 0.6 is 0 Å². The van der Waals surface area contributed by atoms with Crippen molar-refractivity contribution in [3.8, 4) is 0 Å². The number of halogens is 1. The molecule has 1 aromatic heterocycles. The van der Waals surface area contributed by atoms with Gasteiger partial charge >= 0.3 is 17.7 Å². The number of aromatic carboxylic acids is 1. The average molecular weight is 555 g/mol. The molecule has 0 spiro atoms. The SMILES string of the molecule is CCNC(=O)Nc1ccn([C@@H]2O[C@H](COCc3c(F)cccc3C(=O)O)C3O[C@H](c4ccccc4)O[C@@H]32)c(=O)n1. The number of rotatable bonds is 9. The number of fused-ring (bicyclic) bond motifs is 1. The molecule has 13 heteroatoms. The lowest BCUT2D eigenvalue weighted by Gasteiger charge is -2.22. The zero-order chi connectivity index (χ0) is 28.2. The van der Waals surface area contributed by atoms with Crippen LogP contribution in [-0.4, -0.2) is 58.1 Å². The molecule has 3 N–H and O–H groups in total. The van der Waals surface area contributed by atoms with Gasteiger partial charge in [-0.2, -0.15) is 4.98 Å². The lowest BCUT2D eigenvalue weighted by molar-refractivity contribution is -0.159. The normalized spacial score (nSPS) is 23.5. The van der Waals surface area contributed by atoms with Crippen LogP contribution in [0.25, 0.3) is 0 Å². The standard InChI is InChI=1S/C27H27FN4O8/c1-2-29-26(35)30-20-11-12-32(27(36)31-20)23-22-21(39-25(40-22)15-7-4-3-5-8-15)19(38-23)14-37-13-17-16(24(33)34)9-6-10-18(17)28/h3-12,19,21-23,25H,2,13-14H2,1H3,(H,33,34)(H2,29,30,31,35,36)/t19-,21?,22+,23-,25+/m1/s1. The maximum atomic E-state index is 14.4. The summed E-state index contributed by atoms with van der Waals surface area (Å²) in [6, 6.07) is 13.9. The first-order valence-electron chi connectivity index (χ1n) is 12.6. The Morgan fingerprint density at radius 3 is 2.58 bits per heavy atom. The largest absolute Gasteiger partial charge is 0.478 e. The van der Waals surface area contributed by atoms with Gasteiger partial charge in [0.25, 0.3) is 0 Å². The lowest BCUT2D eigenvalue weighted by Crippen LogP contribution is -2.35. The number of carbonyl (C=O) groups excluding carboxylic acids is 1. The van der Waals surface area contributed by atoms with Crippen molar-refractivity contribution in [1.82, 2.24) is 14.9 Å². The first kappa shape index (κ1) is 27.4. The molecule has 40 heavy (non-hydrogen) atoms. The van der Waals surface area contributed by atoms with Gasteiger partial charge in [0.1, 0.15) is 29.9 Å². The molecule has 0 radical (unpaired) electrons. The number of ether oxygens (including phenoxy) is 4. The highest BCUT2D eigenvalue weighted by Gasteiger charge is 2.54. The van der Waals surface area contributed by atoms with Crippen molar-refractivity contribution in [2.45, 2.75) is 44.4 Å². The molecule has 2 fully saturated rings. The number of benzene rings is 2. The van der Waals surface area contributed by atoms with E-state index >= 15 is 0 Å². The van der Waals surface area contributed by atoms with Crippen molar-refractivity contribution in [3.63, 3.8) is 0 Å². The second kappa shape index (κ2) is 11.9. The summed E-state index contributed by atoms with van der Waals surface area (Å²) in [4.78, 5) is 40.2. The maximum absolute atomic E-state index is 14.4. The maximum Gasteiger partial charge on any atom is 0.351 e. The quantitative estimate of drug-likeness (QED) is 0.363. The summed E-state index contributed by atoms with van der Waals surface area (Å²) in [7, 11) is 0. The zero-order valence-corrected chi connectivity index (χ0v) is 21.4. The number of carboxylic acid groups (broad SMARTS) is 1. The van der Waals surface area contributed by atoms with Gasteiger partial charge in [-0.05, 0) is 25.1 Å². The first-order chi connectivity index (χ1) is 19.4. The van der Waals surface area contributed by atoms with Gasteiger partial charge in [0.15, 0.2) is 12.5 Å². The predicted molar refractivity (Wildman–Crippen MR) is 137 cm³/mol. The van der Waals surface area contributed by atoms with E-state index < -0.39 is 54.3 Å². The average Bonchev–Trinajstić information content (AvgIpc) is 3.51. The summed E-state index contributed by atoms with van der Waals surface area (Å²) in [6.07, 6.45) is -2.41. The van der Waals surface area contributed by atoms with E-state index in [-0.39, 0.29) is 30.2 Å². The van der Waals surface area contributed by atoms with Gasteiger partial charge in [-0.15, -0.1) is 0 Å². The minimum atomic E-state index is -1.27. The van der Waals surface area contributed by atoms with Crippen LogP contribution in [0.2, 0.25) is 0 Å². The summed E-state index contributed by atoms with van der Waals surface area (Å²) in [6.45, 7) is 1.74. The molecular formula is C27H27FN4O8. The Morgan fingerprint density at radius 1 is 1.07 bits per heavy atom. The first-order valence-corrected chi connectivity index (χ1v) is 12.6. The number of carbonyl (C=O) groups is 2. The molecule has 2 aliphatic heterocycles. The van der Waals surface area contributed by atoms with Crippen LogP contribution in [-0.2, 0) is 25.6 Å². The smallest absolute Gasteiger partial charge is 0.351 e. The van der Waals surface area contributed by atoms with Gasteiger partial charge in [-0.1, -0.05) is 36.4 Å². The van der Waals surface area contributed by atoms with Crippen LogP contribution in [0.15, 0.2) is 65.6 Å². The number of urea groups is 1. The van der Waals surface area contributed by atoms with Crippen molar-refractivity contribution in [2.24, 2.45) is 0 Å². The number of carboxylic acids is 1. The number of hydrogen-bond acceptors (Lipinski definition) is 8. The fraction of sp³-hybridized carbons (Fsp3) is 0.333. The highest BCUT2D eigenvalue weighted by Crippen LogP contribution is 2.43. The van der Waals surface area contributed by atoms with Gasteiger partial charge in [-0.3, -0.25) is 9.88 Å². The molecule has 1 unspecified atom stereocenters. The number of hydrogen-bond donors (Lipinski definition) is 3. The molecule has 2 aliphatic rings. The Morgan fingerprint density at radius 2 is 1.85 bits per heavy atom. The summed E-state index contributed by atoms with van der Waals surface area (Å²) < 4.78 is 39.8. The predicted octanol–water partition coefficient (Wildman–Crippen LogP) is 2.82. The third-order valence-electron chi connectivity index (χ3n) is 6.48. The molecule has 0 saturated carbocycles. The fourth-order valence-electron chi connectivity index (χ4n) is 4.64. The van der Waals surface area contributed by atoms with E-state index in [1.54, 1.807) is 6.92 Å². The van der Waals surface area contributed by atoms with E-state index in [1.165, 1.54) is 29.0 Å². The van der Waals surface area contributed by atoms with Crippen LogP contribution in [0, 0.1) is 5.82 Å². The number of amides is 2. The lowest BCUT2D eigenvalue weighted by atomic mass is 10.1. The molecule has 0 bridgehead atoms. The topological polar surface area (TPSA) is 150 Å². The van der Waals surface area contributed by atoms with E-state index in [4.69, 9.17) is 18.9 Å². The van der Waals surface area contributed by atoms with E-state index in [0.717, 1.165) is 11.6 Å². The van der Waals surface area contributed by atoms with Gasteiger partial charge in [0.2, 0.25) is 0 Å². The van der Waals surface area contributed by atoms with Crippen molar-refractivity contribution in [3.05, 3.63) is 93.8 Å². The van der Waals surface area contributed by atoms with Crippen LogP contribution in [0.5, 0.6) is 0 Å². The zero-order valence-electron chi connectivity index (χ0n) is 21.4. The molecular weight excluding hydrogens is 527 g/mol. The van der Waals surface area contributed by atoms with E-state index in [9.17, 15) is 23.9 Å². The molecule has 0 aliphatic carbocycles. The van der Waals surface area contributed by atoms with E-state index in [0.29, 0.717) is 6.54 Å². The van der Waals surface area contributed by atoms with Crippen LogP contribution in [0.4, 0.5) is 15.0 Å². The molecule has 5 atom stereocenters. The molecule has 2 aromatic carbocycles. The minimum absolute atomic E-state index is 0.0616. The van der Waals surface area contributed by atoms with Crippen LogP contribution < -0.4 is 16.3 Å². The summed E-state index contributed by atoms with van der Waals surface area (Å²) in [5, 5.41) is 14.4. The van der Waals surface area contributed by atoms with Crippen molar-refractivity contribution in [2.75, 3.05) is 18.5 Å². The van der Waals surface area contributed by atoms with Crippen LogP contribution in [0.3, 0.4) is 0 Å². The van der Waals surface area contributed by atoms with E-state index in [1.807, 2.05) is 30.3 Å². The second-order valence-electron chi connectivity index (χ2n) is 9.08. The minimum Gasteiger partial charge on any atom is -0.478 e. The summed E-state index contributed by atoms with van der Waals surface area (Å²) in [5.41, 5.74) is -0.224. The Bertz CT molecular complexity index is 1440. The molecule has 210 valence electrons. The van der Waals surface area contributed by atoms with Crippen LogP contribution in [0.1, 0.15) is 40.9 Å². The van der Waals surface area contributed by atoms with Gasteiger partial charge < -0.3 is 29.4 Å². The monoisotopic (exact) mass is 554 g/mol. The molecule has 5 rings (SSSR count). The number of anilines is 1. The van der Waals surface area contributed by atoms with E-state index in [2.05, 4.69) is 15.6 Å². The molecule has 2 saturated heterocycles. The Balaban J connectivity index is 1.35. The summed E-state index contributed by atoms with van der Waals surface area (Å²) in [5.74, 6) is -1.91. The Hall–Kier alpha value is -4.17. The molecule has 12 nitrogen and oxygen atoms in total. The number of nitrogens with one attached hydrogen (secondary N) is 2. The highest BCUT2D eigenvalue weighted by molar-refractivity contribution is 5.89. The van der Waals surface area contributed by atoms with Crippen molar-refractivity contribution < 1.29 is 38.0 Å². The summed E-state index contributed by atoms with van der Waals surface area (Å²) >= 11 is 0. The Kier molecular flexibility index (Phi) is 8.16. The van der Waals surface area contributed by atoms with Gasteiger partial charge in [0.05, 0.1) is 18.8 Å². The fourth-order valence-corrected chi connectivity index (χ4v) is 4.64. The van der Waals surface area contributed by atoms with Crippen molar-refractivity contribution in [1.29, 1.82) is 0 Å². The van der Waals surface area contributed by atoms with Gasteiger partial charge in [0, 0.05) is 23.9 Å². The van der Waals surface area contributed by atoms with Crippen molar-refractivity contribution >= 4 is 17.8 Å². The number of aromatic nitrogens is 2. The number of nitrogens with zero attached hydrogens (tertiary/aromatic N) is 2. The second-order valence-corrected chi connectivity index (χ2v) is 9.08. The third-order valence-corrected chi connectivity index (χ3v) is 6.48. The highest BCUT2D eigenvalue weighted by atomic mass is 19.1. The third kappa shape index (κ3) is 5.72.